The van der Waals surface area contributed by atoms with Crippen LogP contribution >= 0.6 is 0 Å². The predicted octanol–water partition coefficient (Wildman–Crippen LogP) is 1.56. The molecule has 0 bridgehead atoms. The van der Waals surface area contributed by atoms with Gasteiger partial charge in [0.05, 0.1) is 11.6 Å². The molecule has 2 amide bonds. The normalized spacial score (nSPS) is 18.8. The zero-order chi connectivity index (χ0) is 14.2. The smallest absolute Gasteiger partial charge is 0.240 e. The second kappa shape index (κ2) is 4.64. The first-order chi connectivity index (χ1) is 9.64. The molecule has 1 aromatic rings. The van der Waals surface area contributed by atoms with E-state index in [0.29, 0.717) is 24.1 Å². The van der Waals surface area contributed by atoms with Gasteiger partial charge in [-0.25, -0.2) is 0 Å². The molecule has 102 valence electrons. The molecule has 0 aromatic heterocycles. The number of nitrogens with one attached hydrogen (secondary N) is 2. The molecule has 3 rings (SSSR count). The number of hydrogen-bond donors (Lipinski definition) is 2. The largest absolute Gasteiger partial charge is 0.352 e. The third kappa shape index (κ3) is 2.37. The van der Waals surface area contributed by atoms with Gasteiger partial charge in [-0.1, -0.05) is 0 Å². The lowest BCUT2D eigenvalue weighted by atomic mass is 10.0. The van der Waals surface area contributed by atoms with Crippen LogP contribution in [0.3, 0.4) is 0 Å². The number of carbonyl (C=O) groups is 2. The fourth-order valence-corrected chi connectivity index (χ4v) is 2.11. The molecular weight excluding hydrogens is 254 g/mol. The molecular formula is C15H15N3O2. The van der Waals surface area contributed by atoms with E-state index in [2.05, 4.69) is 10.6 Å². The predicted molar refractivity (Wildman–Crippen MR) is 72.6 cm³/mol. The van der Waals surface area contributed by atoms with E-state index in [1.165, 1.54) is 0 Å². The molecule has 2 aliphatic rings. The minimum atomic E-state index is -0.878. The van der Waals surface area contributed by atoms with Crippen LogP contribution in [-0.2, 0) is 9.59 Å². The van der Waals surface area contributed by atoms with Crippen molar-refractivity contribution < 1.29 is 9.59 Å². The Hall–Kier alpha value is -2.35. The van der Waals surface area contributed by atoms with Crippen molar-refractivity contribution in [1.82, 2.24) is 5.32 Å². The Morgan fingerprint density at radius 1 is 1.15 bits per heavy atom. The van der Waals surface area contributed by atoms with Crippen LogP contribution in [0.2, 0.25) is 0 Å². The van der Waals surface area contributed by atoms with Gasteiger partial charge in [-0.05, 0) is 49.9 Å². The first kappa shape index (κ1) is 12.7. The molecule has 5 heteroatoms. The van der Waals surface area contributed by atoms with Crippen LogP contribution in [0.1, 0.15) is 31.2 Å². The van der Waals surface area contributed by atoms with Gasteiger partial charge >= 0.3 is 0 Å². The van der Waals surface area contributed by atoms with Gasteiger partial charge < -0.3 is 10.6 Å². The zero-order valence-corrected chi connectivity index (χ0v) is 11.0. The molecule has 20 heavy (non-hydrogen) atoms. The maximum absolute atomic E-state index is 12.3. The fourth-order valence-electron chi connectivity index (χ4n) is 2.11. The van der Waals surface area contributed by atoms with Crippen LogP contribution in [0.5, 0.6) is 0 Å². The summed E-state index contributed by atoms with van der Waals surface area (Å²) < 4.78 is 0. The van der Waals surface area contributed by atoms with Crippen LogP contribution in [-0.4, -0.2) is 17.9 Å². The highest BCUT2D eigenvalue weighted by Gasteiger charge is 2.57. The molecule has 1 aromatic carbocycles. The molecule has 0 radical (unpaired) electrons. The van der Waals surface area contributed by atoms with Crippen LogP contribution in [0.4, 0.5) is 5.69 Å². The second-order valence-electron chi connectivity index (χ2n) is 5.47. The van der Waals surface area contributed by atoms with Crippen molar-refractivity contribution in [3.8, 4) is 6.07 Å². The van der Waals surface area contributed by atoms with Crippen molar-refractivity contribution in [2.45, 2.75) is 31.7 Å². The standard InChI is InChI=1S/C15H15N3O2/c16-9-10-1-3-11(4-2-10)17-13(19)15(7-8-15)14(20)18-12-5-6-12/h1-4,12H,5-8H2,(H,17,19)(H,18,20). The average Bonchev–Trinajstić information content (AvgIpc) is 3.33. The van der Waals surface area contributed by atoms with Crippen LogP contribution in [0.15, 0.2) is 24.3 Å². The molecule has 0 unspecified atom stereocenters. The summed E-state index contributed by atoms with van der Waals surface area (Å²) in [6.45, 7) is 0. The number of benzene rings is 1. The Morgan fingerprint density at radius 3 is 2.30 bits per heavy atom. The maximum atomic E-state index is 12.3. The molecule has 0 atom stereocenters. The van der Waals surface area contributed by atoms with Crippen molar-refractivity contribution in [2.75, 3.05) is 5.32 Å². The maximum Gasteiger partial charge on any atom is 0.240 e. The molecule has 2 saturated carbocycles. The first-order valence-electron chi connectivity index (χ1n) is 6.77. The lowest BCUT2D eigenvalue weighted by molar-refractivity contribution is -0.134. The van der Waals surface area contributed by atoms with E-state index in [1.807, 2.05) is 6.07 Å². The third-order valence-corrected chi connectivity index (χ3v) is 3.80. The number of nitriles is 1. The lowest BCUT2D eigenvalue weighted by Crippen LogP contribution is -2.40. The Labute approximate surface area is 117 Å². The number of rotatable bonds is 4. The summed E-state index contributed by atoms with van der Waals surface area (Å²) in [4.78, 5) is 24.4. The second-order valence-corrected chi connectivity index (χ2v) is 5.47. The topological polar surface area (TPSA) is 82.0 Å². The summed E-state index contributed by atoms with van der Waals surface area (Å²) in [6.07, 6.45) is 3.24. The van der Waals surface area contributed by atoms with E-state index in [1.54, 1.807) is 24.3 Å². The van der Waals surface area contributed by atoms with Gasteiger partial charge in [0, 0.05) is 11.7 Å². The molecule has 2 fully saturated rings. The molecule has 2 aliphatic carbocycles. The number of nitrogens with zero attached hydrogens (tertiary/aromatic N) is 1. The van der Waals surface area contributed by atoms with Crippen LogP contribution < -0.4 is 10.6 Å². The Balaban J connectivity index is 1.65. The number of anilines is 1. The minimum Gasteiger partial charge on any atom is -0.352 e. The highest BCUT2D eigenvalue weighted by atomic mass is 16.2. The van der Waals surface area contributed by atoms with E-state index < -0.39 is 5.41 Å². The van der Waals surface area contributed by atoms with Gasteiger partial charge in [0.15, 0.2) is 0 Å². The zero-order valence-electron chi connectivity index (χ0n) is 11.0. The van der Waals surface area contributed by atoms with Crippen molar-refractivity contribution in [1.29, 1.82) is 5.26 Å². The minimum absolute atomic E-state index is 0.147. The average molecular weight is 269 g/mol. The van der Waals surface area contributed by atoms with Gasteiger partial charge in [0.1, 0.15) is 5.41 Å². The van der Waals surface area contributed by atoms with E-state index in [9.17, 15) is 9.59 Å². The lowest BCUT2D eigenvalue weighted by Gasteiger charge is -2.15. The fraction of sp³-hybridized carbons (Fsp3) is 0.400. The molecule has 5 nitrogen and oxygen atoms in total. The Bertz CT molecular complexity index is 593. The summed E-state index contributed by atoms with van der Waals surface area (Å²) in [5.41, 5.74) is 0.270. The number of carbonyl (C=O) groups excluding carboxylic acids is 2. The summed E-state index contributed by atoms with van der Waals surface area (Å²) >= 11 is 0. The van der Waals surface area contributed by atoms with Crippen LogP contribution in [0.25, 0.3) is 0 Å². The number of amides is 2. The summed E-state index contributed by atoms with van der Waals surface area (Å²) in [5.74, 6) is -0.397. The van der Waals surface area contributed by atoms with Gasteiger partial charge in [0.2, 0.25) is 11.8 Å². The Kier molecular flexibility index (Phi) is 2.94. The summed E-state index contributed by atoms with van der Waals surface area (Å²) in [6, 6.07) is 8.91. The third-order valence-electron chi connectivity index (χ3n) is 3.80. The van der Waals surface area contributed by atoms with E-state index in [0.717, 1.165) is 12.8 Å². The van der Waals surface area contributed by atoms with Crippen molar-refractivity contribution >= 4 is 17.5 Å². The summed E-state index contributed by atoms with van der Waals surface area (Å²) in [7, 11) is 0. The van der Waals surface area contributed by atoms with Gasteiger partial charge in [-0.3, -0.25) is 9.59 Å². The SMILES string of the molecule is N#Cc1ccc(NC(=O)C2(C(=O)NC3CC3)CC2)cc1. The van der Waals surface area contributed by atoms with E-state index in [-0.39, 0.29) is 17.9 Å². The van der Waals surface area contributed by atoms with E-state index >= 15 is 0 Å². The molecule has 0 heterocycles. The van der Waals surface area contributed by atoms with Crippen LogP contribution in [0, 0.1) is 16.7 Å². The van der Waals surface area contributed by atoms with Gasteiger partial charge in [0.25, 0.3) is 0 Å². The molecule has 0 saturated heterocycles. The van der Waals surface area contributed by atoms with Gasteiger partial charge in [-0.15, -0.1) is 0 Å². The van der Waals surface area contributed by atoms with Gasteiger partial charge in [-0.2, -0.15) is 5.26 Å². The first-order valence-corrected chi connectivity index (χ1v) is 6.77. The monoisotopic (exact) mass is 269 g/mol. The highest BCUT2D eigenvalue weighted by molar-refractivity contribution is 6.13. The molecule has 0 spiro atoms. The quantitative estimate of drug-likeness (QED) is 0.814. The van der Waals surface area contributed by atoms with Crippen molar-refractivity contribution in [3.63, 3.8) is 0 Å². The Morgan fingerprint density at radius 2 is 1.80 bits per heavy atom. The number of hydrogen-bond acceptors (Lipinski definition) is 3. The molecule has 2 N–H and O–H groups in total. The van der Waals surface area contributed by atoms with E-state index in [4.69, 9.17) is 5.26 Å². The van der Waals surface area contributed by atoms with Crippen molar-refractivity contribution in [3.05, 3.63) is 29.8 Å². The highest BCUT2D eigenvalue weighted by Crippen LogP contribution is 2.47. The molecule has 0 aliphatic heterocycles. The summed E-state index contributed by atoms with van der Waals surface area (Å²) in [5, 5.41) is 14.4. The van der Waals surface area contributed by atoms with Crippen molar-refractivity contribution in [2.24, 2.45) is 5.41 Å².